The molecule has 1 unspecified atom stereocenters. The molecule has 0 radical (unpaired) electrons. The Morgan fingerprint density at radius 2 is 1.90 bits per heavy atom. The normalized spacial score (nSPS) is 15.6. The molecule has 1 saturated carbocycles. The van der Waals surface area contributed by atoms with Gasteiger partial charge in [-0.1, -0.05) is 44.2 Å². The predicted molar refractivity (Wildman–Crippen MR) is 85.0 cm³/mol. The van der Waals surface area contributed by atoms with E-state index in [-0.39, 0.29) is 24.4 Å². The Kier molecular flexibility index (Phi) is 7.03. The van der Waals surface area contributed by atoms with Gasteiger partial charge in [-0.15, -0.1) is 12.4 Å². The maximum atomic E-state index is 12.0. The molecule has 0 heterocycles. The summed E-state index contributed by atoms with van der Waals surface area (Å²) in [6.07, 6.45) is 2.63. The molecule has 20 heavy (non-hydrogen) atoms. The van der Waals surface area contributed by atoms with Gasteiger partial charge >= 0.3 is 0 Å². The summed E-state index contributed by atoms with van der Waals surface area (Å²) in [6.45, 7) is 5.67. The van der Waals surface area contributed by atoms with Crippen LogP contribution in [0.5, 0.6) is 0 Å². The Labute approximate surface area is 127 Å². The highest BCUT2D eigenvalue weighted by Gasteiger charge is 2.21. The van der Waals surface area contributed by atoms with E-state index in [0.717, 1.165) is 12.5 Å². The van der Waals surface area contributed by atoms with Crippen LogP contribution in [0.4, 0.5) is 0 Å². The first-order chi connectivity index (χ1) is 9.16. The van der Waals surface area contributed by atoms with E-state index >= 15 is 0 Å². The topological polar surface area (TPSA) is 41.1 Å². The molecule has 1 aromatic carbocycles. The molecular formula is C16H25ClN2O. The maximum Gasteiger partial charge on any atom is 0.234 e. The zero-order chi connectivity index (χ0) is 13.7. The maximum absolute atomic E-state index is 12.0. The molecule has 1 aliphatic carbocycles. The first-order valence-corrected chi connectivity index (χ1v) is 7.22. The largest absolute Gasteiger partial charge is 0.348 e. The van der Waals surface area contributed by atoms with Crippen molar-refractivity contribution in [3.05, 3.63) is 35.9 Å². The summed E-state index contributed by atoms with van der Waals surface area (Å²) in [6, 6.07) is 10.3. The van der Waals surface area contributed by atoms with Gasteiger partial charge in [0.2, 0.25) is 5.91 Å². The standard InChI is InChI=1S/C16H24N2O.ClH/c1-12(2)16(14-6-4-3-5-7-14)18-15(19)11-17-10-13-8-9-13;/h3-7,12-13,16-17H,8-11H2,1-2H3,(H,18,19);1H. The number of carbonyl (C=O) groups is 1. The van der Waals surface area contributed by atoms with Gasteiger partial charge in [-0.2, -0.15) is 0 Å². The first kappa shape index (κ1) is 17.0. The van der Waals surface area contributed by atoms with Gasteiger partial charge in [0, 0.05) is 0 Å². The van der Waals surface area contributed by atoms with Crippen molar-refractivity contribution in [2.24, 2.45) is 11.8 Å². The molecule has 2 rings (SSSR count). The van der Waals surface area contributed by atoms with E-state index in [1.165, 1.54) is 18.4 Å². The van der Waals surface area contributed by atoms with E-state index in [1.54, 1.807) is 0 Å². The minimum atomic E-state index is 0. The molecule has 4 heteroatoms. The summed E-state index contributed by atoms with van der Waals surface area (Å²) in [5.74, 6) is 1.28. The summed E-state index contributed by atoms with van der Waals surface area (Å²) in [4.78, 5) is 12.0. The predicted octanol–water partition coefficient (Wildman–Crippen LogP) is 2.92. The lowest BCUT2D eigenvalue weighted by molar-refractivity contribution is -0.121. The molecule has 0 bridgehead atoms. The van der Waals surface area contributed by atoms with Crippen molar-refractivity contribution in [1.82, 2.24) is 10.6 Å². The molecule has 1 fully saturated rings. The van der Waals surface area contributed by atoms with Gasteiger partial charge in [-0.25, -0.2) is 0 Å². The van der Waals surface area contributed by atoms with Crippen LogP contribution in [0.3, 0.4) is 0 Å². The molecule has 1 aliphatic rings. The van der Waals surface area contributed by atoms with Gasteiger partial charge in [0.25, 0.3) is 0 Å². The van der Waals surface area contributed by atoms with Crippen molar-refractivity contribution in [3.63, 3.8) is 0 Å². The van der Waals surface area contributed by atoms with Gasteiger partial charge in [0.15, 0.2) is 0 Å². The molecule has 1 aromatic rings. The van der Waals surface area contributed by atoms with Crippen LogP contribution in [0, 0.1) is 11.8 Å². The van der Waals surface area contributed by atoms with E-state index in [0.29, 0.717) is 12.5 Å². The smallest absolute Gasteiger partial charge is 0.234 e. The molecular weight excluding hydrogens is 272 g/mol. The Morgan fingerprint density at radius 1 is 1.25 bits per heavy atom. The number of nitrogens with one attached hydrogen (secondary N) is 2. The Morgan fingerprint density at radius 3 is 2.45 bits per heavy atom. The number of rotatable bonds is 7. The number of benzene rings is 1. The fourth-order valence-electron chi connectivity index (χ4n) is 2.23. The quantitative estimate of drug-likeness (QED) is 0.812. The van der Waals surface area contributed by atoms with Gasteiger partial charge in [-0.05, 0) is 36.8 Å². The summed E-state index contributed by atoms with van der Waals surface area (Å²) in [5, 5.41) is 6.36. The third kappa shape index (κ3) is 5.51. The highest BCUT2D eigenvalue weighted by atomic mass is 35.5. The lowest BCUT2D eigenvalue weighted by Gasteiger charge is -2.23. The van der Waals surface area contributed by atoms with Gasteiger partial charge in [0.05, 0.1) is 12.6 Å². The summed E-state index contributed by atoms with van der Waals surface area (Å²) in [7, 11) is 0. The average Bonchev–Trinajstić information content (AvgIpc) is 3.21. The second kappa shape index (κ2) is 8.28. The van der Waals surface area contributed by atoms with E-state index in [2.05, 4.69) is 36.6 Å². The van der Waals surface area contributed by atoms with Crippen molar-refractivity contribution in [1.29, 1.82) is 0 Å². The van der Waals surface area contributed by atoms with E-state index in [9.17, 15) is 4.79 Å². The van der Waals surface area contributed by atoms with Crippen LogP contribution < -0.4 is 10.6 Å². The fourth-order valence-corrected chi connectivity index (χ4v) is 2.23. The van der Waals surface area contributed by atoms with Gasteiger partial charge in [-0.3, -0.25) is 4.79 Å². The first-order valence-electron chi connectivity index (χ1n) is 7.22. The summed E-state index contributed by atoms with van der Waals surface area (Å²) < 4.78 is 0. The van der Waals surface area contributed by atoms with E-state index in [4.69, 9.17) is 0 Å². The van der Waals surface area contributed by atoms with Crippen LogP contribution in [0.1, 0.15) is 38.3 Å². The molecule has 0 spiro atoms. The molecule has 1 amide bonds. The molecule has 0 aromatic heterocycles. The van der Waals surface area contributed by atoms with Gasteiger partial charge in [0.1, 0.15) is 0 Å². The van der Waals surface area contributed by atoms with Gasteiger partial charge < -0.3 is 10.6 Å². The summed E-state index contributed by atoms with van der Waals surface area (Å²) >= 11 is 0. The van der Waals surface area contributed by atoms with Crippen LogP contribution in [-0.4, -0.2) is 19.0 Å². The van der Waals surface area contributed by atoms with Crippen LogP contribution in [-0.2, 0) is 4.79 Å². The van der Waals surface area contributed by atoms with Crippen molar-refractivity contribution in [2.45, 2.75) is 32.7 Å². The zero-order valence-corrected chi connectivity index (χ0v) is 13.1. The summed E-state index contributed by atoms with van der Waals surface area (Å²) in [5.41, 5.74) is 1.17. The number of hydrogen-bond acceptors (Lipinski definition) is 2. The number of hydrogen-bond donors (Lipinski definition) is 2. The van der Waals surface area contributed by atoms with E-state index < -0.39 is 0 Å². The third-order valence-electron chi connectivity index (χ3n) is 3.56. The lowest BCUT2D eigenvalue weighted by Crippen LogP contribution is -2.38. The lowest BCUT2D eigenvalue weighted by atomic mass is 9.96. The molecule has 1 atom stereocenters. The highest BCUT2D eigenvalue weighted by Crippen LogP contribution is 2.27. The van der Waals surface area contributed by atoms with E-state index in [1.807, 2.05) is 18.2 Å². The number of amides is 1. The Hall–Kier alpha value is -1.06. The molecule has 3 nitrogen and oxygen atoms in total. The third-order valence-corrected chi connectivity index (χ3v) is 3.56. The SMILES string of the molecule is CC(C)C(NC(=O)CNCC1CC1)c1ccccc1.Cl. The number of halogens is 1. The minimum absolute atomic E-state index is 0. The molecule has 0 aliphatic heterocycles. The molecule has 2 N–H and O–H groups in total. The Balaban J connectivity index is 0.00000200. The van der Waals surface area contributed by atoms with Crippen LogP contribution in [0.25, 0.3) is 0 Å². The average molecular weight is 297 g/mol. The highest BCUT2D eigenvalue weighted by molar-refractivity contribution is 5.85. The number of carbonyl (C=O) groups excluding carboxylic acids is 1. The van der Waals surface area contributed by atoms with Crippen molar-refractivity contribution >= 4 is 18.3 Å². The second-order valence-electron chi connectivity index (χ2n) is 5.77. The monoisotopic (exact) mass is 296 g/mol. The van der Waals surface area contributed by atoms with Crippen LogP contribution in [0.2, 0.25) is 0 Å². The molecule has 112 valence electrons. The van der Waals surface area contributed by atoms with Crippen molar-refractivity contribution in [3.8, 4) is 0 Å². The Bertz CT molecular complexity index is 404. The fraction of sp³-hybridized carbons (Fsp3) is 0.562. The zero-order valence-electron chi connectivity index (χ0n) is 12.3. The second-order valence-corrected chi connectivity index (χ2v) is 5.77. The minimum Gasteiger partial charge on any atom is -0.348 e. The van der Waals surface area contributed by atoms with Crippen molar-refractivity contribution < 1.29 is 4.79 Å². The van der Waals surface area contributed by atoms with Crippen molar-refractivity contribution in [2.75, 3.05) is 13.1 Å². The van der Waals surface area contributed by atoms with Crippen LogP contribution >= 0.6 is 12.4 Å². The van der Waals surface area contributed by atoms with Crippen LogP contribution in [0.15, 0.2) is 30.3 Å². The molecule has 0 saturated heterocycles.